The number of aryl methyl sites for hydroxylation is 1. The second kappa shape index (κ2) is 8.06. The minimum atomic E-state index is -0.279. The van der Waals surface area contributed by atoms with Gasteiger partial charge in [0.1, 0.15) is 0 Å². The van der Waals surface area contributed by atoms with Gasteiger partial charge < -0.3 is 5.32 Å². The molecular weight excluding hydrogens is 366 g/mol. The molecule has 3 aromatic rings. The lowest BCUT2D eigenvalue weighted by Gasteiger charge is -2.14. The summed E-state index contributed by atoms with van der Waals surface area (Å²) in [5.74, 6) is -0.640. The van der Waals surface area contributed by atoms with Crippen molar-refractivity contribution in [2.24, 2.45) is 0 Å². The second-order valence-electron chi connectivity index (χ2n) is 6.85. The number of carbonyl (C=O) groups excluding carboxylic acids is 3. The number of pyridine rings is 1. The van der Waals surface area contributed by atoms with Crippen molar-refractivity contribution in [3.8, 4) is 0 Å². The third-order valence-corrected chi connectivity index (χ3v) is 4.82. The smallest absolute Gasteiger partial charge is 0.261 e. The summed E-state index contributed by atoms with van der Waals surface area (Å²) in [5, 5.41) is 2.86. The first-order valence-corrected chi connectivity index (χ1v) is 9.35. The molecule has 1 aliphatic heterocycles. The first kappa shape index (κ1) is 18.6. The number of nitrogens with one attached hydrogen (secondary N) is 1. The van der Waals surface area contributed by atoms with Crippen LogP contribution in [-0.4, -0.2) is 27.6 Å². The van der Waals surface area contributed by atoms with E-state index in [1.165, 1.54) is 4.90 Å². The predicted octanol–water partition coefficient (Wildman–Crippen LogP) is 3.45. The SMILES string of the molecule is O=C(CCc1cccnc1)Nc1ccc(CN2C(=O)c3ccccc3C2=O)cc1. The van der Waals surface area contributed by atoms with Crippen LogP contribution in [0.1, 0.15) is 38.3 Å². The number of carbonyl (C=O) groups is 3. The van der Waals surface area contributed by atoms with Gasteiger partial charge in [0.15, 0.2) is 0 Å². The number of rotatable bonds is 6. The van der Waals surface area contributed by atoms with Gasteiger partial charge in [0, 0.05) is 24.5 Å². The molecule has 1 aliphatic rings. The standard InChI is InChI=1S/C23H19N3O3/c27-21(12-9-16-4-3-13-24-14-16)25-18-10-7-17(8-11-18)15-26-22(28)19-5-1-2-6-20(19)23(26)29/h1-8,10-11,13-14H,9,12,15H2,(H,25,27). The third-order valence-electron chi connectivity index (χ3n) is 4.82. The van der Waals surface area contributed by atoms with Crippen molar-refractivity contribution in [3.63, 3.8) is 0 Å². The second-order valence-corrected chi connectivity index (χ2v) is 6.85. The zero-order chi connectivity index (χ0) is 20.2. The summed E-state index contributed by atoms with van der Waals surface area (Å²) in [5.41, 5.74) is 3.38. The van der Waals surface area contributed by atoms with E-state index in [1.807, 2.05) is 12.1 Å². The maximum atomic E-state index is 12.5. The Hall–Kier alpha value is -3.80. The monoisotopic (exact) mass is 385 g/mol. The number of hydrogen-bond acceptors (Lipinski definition) is 4. The summed E-state index contributed by atoms with van der Waals surface area (Å²) in [6.07, 6.45) is 4.44. The number of benzene rings is 2. The molecule has 0 unspecified atom stereocenters. The van der Waals surface area contributed by atoms with Crippen molar-refractivity contribution < 1.29 is 14.4 Å². The van der Waals surface area contributed by atoms with E-state index >= 15 is 0 Å². The average molecular weight is 385 g/mol. The number of amides is 3. The Bertz CT molecular complexity index is 1030. The zero-order valence-corrected chi connectivity index (χ0v) is 15.7. The minimum Gasteiger partial charge on any atom is -0.326 e. The lowest BCUT2D eigenvalue weighted by Crippen LogP contribution is -2.29. The maximum Gasteiger partial charge on any atom is 0.261 e. The van der Waals surface area contributed by atoms with Gasteiger partial charge in [-0.15, -0.1) is 0 Å². The number of aromatic nitrogens is 1. The highest BCUT2D eigenvalue weighted by molar-refractivity contribution is 6.21. The molecule has 0 atom stereocenters. The molecule has 0 saturated heterocycles. The first-order chi connectivity index (χ1) is 14.1. The number of imide groups is 1. The van der Waals surface area contributed by atoms with Gasteiger partial charge >= 0.3 is 0 Å². The van der Waals surface area contributed by atoms with Gasteiger partial charge in [-0.2, -0.15) is 0 Å². The third kappa shape index (κ3) is 4.06. The van der Waals surface area contributed by atoms with E-state index in [4.69, 9.17) is 0 Å². The molecule has 2 heterocycles. The molecule has 0 aliphatic carbocycles. The van der Waals surface area contributed by atoms with Crippen LogP contribution in [0.3, 0.4) is 0 Å². The Morgan fingerprint density at radius 2 is 1.55 bits per heavy atom. The van der Waals surface area contributed by atoms with Gasteiger partial charge in [0.05, 0.1) is 17.7 Å². The van der Waals surface area contributed by atoms with Crippen molar-refractivity contribution in [1.29, 1.82) is 0 Å². The van der Waals surface area contributed by atoms with Gasteiger partial charge in [-0.3, -0.25) is 24.3 Å². The van der Waals surface area contributed by atoms with Crippen LogP contribution in [0.2, 0.25) is 0 Å². The van der Waals surface area contributed by atoms with Crippen LogP contribution in [-0.2, 0) is 17.8 Å². The molecule has 0 radical (unpaired) electrons. The van der Waals surface area contributed by atoms with Gasteiger partial charge in [-0.25, -0.2) is 0 Å². The molecule has 0 spiro atoms. The number of nitrogens with zero attached hydrogens (tertiary/aromatic N) is 2. The van der Waals surface area contributed by atoms with E-state index < -0.39 is 0 Å². The summed E-state index contributed by atoms with van der Waals surface area (Å²) in [4.78, 5) is 42.3. The van der Waals surface area contributed by atoms with E-state index in [1.54, 1.807) is 60.9 Å². The topological polar surface area (TPSA) is 79.4 Å². The van der Waals surface area contributed by atoms with Crippen molar-refractivity contribution >= 4 is 23.4 Å². The molecule has 144 valence electrons. The van der Waals surface area contributed by atoms with Crippen molar-refractivity contribution in [1.82, 2.24) is 9.88 Å². The molecule has 2 aromatic carbocycles. The number of fused-ring (bicyclic) bond motifs is 1. The summed E-state index contributed by atoms with van der Waals surface area (Å²) in [6.45, 7) is 0.196. The van der Waals surface area contributed by atoms with Crippen molar-refractivity contribution in [2.45, 2.75) is 19.4 Å². The molecule has 29 heavy (non-hydrogen) atoms. The van der Waals surface area contributed by atoms with E-state index in [-0.39, 0.29) is 24.3 Å². The Labute approximate surface area is 168 Å². The Morgan fingerprint density at radius 3 is 2.17 bits per heavy atom. The highest BCUT2D eigenvalue weighted by Gasteiger charge is 2.34. The summed E-state index contributed by atoms with van der Waals surface area (Å²) in [6, 6.07) is 17.8. The highest BCUT2D eigenvalue weighted by Crippen LogP contribution is 2.24. The van der Waals surface area contributed by atoms with Gasteiger partial charge in [0.2, 0.25) is 5.91 Å². The van der Waals surface area contributed by atoms with Crippen LogP contribution in [0, 0.1) is 0 Å². The molecule has 0 bridgehead atoms. The Balaban J connectivity index is 1.34. The fraction of sp³-hybridized carbons (Fsp3) is 0.130. The molecule has 0 fully saturated rings. The lowest BCUT2D eigenvalue weighted by molar-refractivity contribution is -0.116. The highest BCUT2D eigenvalue weighted by atomic mass is 16.2. The quantitative estimate of drug-likeness (QED) is 0.659. The molecule has 6 nitrogen and oxygen atoms in total. The van der Waals surface area contributed by atoms with Crippen LogP contribution in [0.5, 0.6) is 0 Å². The molecule has 4 rings (SSSR count). The zero-order valence-electron chi connectivity index (χ0n) is 15.7. The maximum absolute atomic E-state index is 12.5. The largest absolute Gasteiger partial charge is 0.326 e. The molecule has 1 N–H and O–H groups in total. The molecular formula is C23H19N3O3. The fourth-order valence-electron chi connectivity index (χ4n) is 3.29. The Morgan fingerprint density at radius 1 is 0.862 bits per heavy atom. The van der Waals surface area contributed by atoms with Crippen molar-refractivity contribution in [3.05, 3.63) is 95.3 Å². The minimum absolute atomic E-state index is 0.0815. The average Bonchev–Trinajstić information content (AvgIpc) is 2.99. The molecule has 0 saturated carbocycles. The van der Waals surface area contributed by atoms with E-state index in [0.29, 0.717) is 29.7 Å². The number of anilines is 1. The summed E-state index contributed by atoms with van der Waals surface area (Å²) < 4.78 is 0. The molecule has 3 amide bonds. The molecule has 1 aromatic heterocycles. The molecule has 6 heteroatoms. The summed E-state index contributed by atoms with van der Waals surface area (Å²) >= 11 is 0. The van der Waals surface area contributed by atoms with Crippen molar-refractivity contribution in [2.75, 3.05) is 5.32 Å². The van der Waals surface area contributed by atoms with E-state index in [0.717, 1.165) is 11.1 Å². The van der Waals surface area contributed by atoms with Crippen LogP contribution in [0.15, 0.2) is 73.1 Å². The predicted molar refractivity (Wildman–Crippen MR) is 108 cm³/mol. The van der Waals surface area contributed by atoms with E-state index in [2.05, 4.69) is 10.3 Å². The van der Waals surface area contributed by atoms with Crippen LogP contribution in [0.25, 0.3) is 0 Å². The Kier molecular flexibility index (Phi) is 5.16. The van der Waals surface area contributed by atoms with Gasteiger partial charge in [0.25, 0.3) is 11.8 Å². The van der Waals surface area contributed by atoms with Gasteiger partial charge in [-0.05, 0) is 47.9 Å². The normalized spacial score (nSPS) is 12.8. The fourth-order valence-corrected chi connectivity index (χ4v) is 3.29. The summed E-state index contributed by atoms with van der Waals surface area (Å²) in [7, 11) is 0. The van der Waals surface area contributed by atoms with E-state index in [9.17, 15) is 14.4 Å². The van der Waals surface area contributed by atoms with Crippen LogP contribution in [0.4, 0.5) is 5.69 Å². The van der Waals surface area contributed by atoms with Gasteiger partial charge in [-0.1, -0.05) is 30.3 Å². The lowest BCUT2D eigenvalue weighted by atomic mass is 10.1. The first-order valence-electron chi connectivity index (χ1n) is 9.35. The number of hydrogen-bond donors (Lipinski definition) is 1. The van der Waals surface area contributed by atoms with Crippen LogP contribution < -0.4 is 5.32 Å². The van der Waals surface area contributed by atoms with Crippen LogP contribution >= 0.6 is 0 Å².